The number of hydrogen-bond donors (Lipinski definition) is 3. The van der Waals surface area contributed by atoms with Crippen molar-refractivity contribution in [3.63, 3.8) is 0 Å². The van der Waals surface area contributed by atoms with Crippen LogP contribution in [0.2, 0.25) is 0 Å². The molecule has 2 aliphatic heterocycles. The number of carbonyl (C=O) groups is 2. The summed E-state index contributed by atoms with van der Waals surface area (Å²) in [4.78, 5) is 30.7. The number of nitrogens with zero attached hydrogens (tertiary/aromatic N) is 2. The molecule has 2 aliphatic rings. The molecule has 0 radical (unpaired) electrons. The van der Waals surface area contributed by atoms with Crippen molar-refractivity contribution in [1.29, 1.82) is 0 Å². The van der Waals surface area contributed by atoms with E-state index in [-0.39, 0.29) is 49.5 Å². The Morgan fingerprint density at radius 2 is 2.06 bits per heavy atom. The van der Waals surface area contributed by atoms with Gasteiger partial charge in [-0.15, -0.1) is 0 Å². The third-order valence-corrected chi connectivity index (χ3v) is 5.85. The van der Waals surface area contributed by atoms with Crippen LogP contribution >= 0.6 is 0 Å². The number of nitrogens with one attached hydrogen (secondary N) is 2. The first-order chi connectivity index (χ1) is 15.9. The summed E-state index contributed by atoms with van der Waals surface area (Å²) in [6.07, 6.45) is 1.24. The first-order valence-corrected chi connectivity index (χ1v) is 11.1. The fourth-order valence-corrected chi connectivity index (χ4v) is 4.43. The molecule has 0 unspecified atom stereocenters. The second-order valence-corrected chi connectivity index (χ2v) is 8.74. The van der Waals surface area contributed by atoms with Crippen molar-refractivity contribution in [2.45, 2.75) is 43.6 Å². The maximum absolute atomic E-state index is 12.5. The van der Waals surface area contributed by atoms with Crippen molar-refractivity contribution < 1.29 is 24.2 Å². The van der Waals surface area contributed by atoms with Gasteiger partial charge < -0.3 is 30.1 Å². The van der Waals surface area contributed by atoms with Crippen molar-refractivity contribution in [3.8, 4) is 5.75 Å². The molecule has 0 spiro atoms. The third kappa shape index (κ3) is 5.68. The van der Waals surface area contributed by atoms with Crippen LogP contribution in [0.1, 0.15) is 30.0 Å². The lowest BCUT2D eigenvalue weighted by Gasteiger charge is -2.37. The average Bonchev–Trinajstić information content (AvgIpc) is 3.15. The van der Waals surface area contributed by atoms with E-state index in [1.807, 2.05) is 44.4 Å². The Labute approximate surface area is 193 Å². The minimum atomic E-state index is -0.531. The molecule has 9 heteroatoms. The molecule has 176 valence electrons. The number of amides is 2. The SMILES string of the molecule is CN(C)CC(=O)Nc1ccc2c(c1)[C@H]1C[C@H](CC(=O)NCc3ccccn3)O[C@@H](CO)[C@H]1O2. The summed E-state index contributed by atoms with van der Waals surface area (Å²) in [6, 6.07) is 11.1. The van der Waals surface area contributed by atoms with Crippen molar-refractivity contribution in [2.24, 2.45) is 0 Å². The Balaban J connectivity index is 1.42. The first kappa shape index (κ1) is 23.2. The Morgan fingerprint density at radius 3 is 2.79 bits per heavy atom. The van der Waals surface area contributed by atoms with Crippen LogP contribution < -0.4 is 15.4 Å². The second kappa shape index (κ2) is 10.3. The van der Waals surface area contributed by atoms with Crippen molar-refractivity contribution in [3.05, 3.63) is 53.9 Å². The number of likely N-dealkylation sites (N-methyl/N-ethyl adjacent to an activating group) is 1. The standard InChI is InChI=1S/C24H30N4O5/c1-28(2)13-23(31)27-15-6-7-20-18(9-15)19-10-17(32-21(14-29)24(19)33-20)11-22(30)26-12-16-5-3-4-8-25-16/h3-9,17,19,21,24,29H,10-14H2,1-2H3,(H,26,30)(H,27,31)/t17-,19-,21+,24+/m1/s1. The first-order valence-electron chi connectivity index (χ1n) is 11.1. The number of benzene rings is 1. The molecule has 9 nitrogen and oxygen atoms in total. The number of ether oxygens (including phenoxy) is 2. The minimum Gasteiger partial charge on any atom is -0.487 e. The van der Waals surface area contributed by atoms with Gasteiger partial charge in [-0.1, -0.05) is 6.07 Å². The average molecular weight is 455 g/mol. The fourth-order valence-electron chi connectivity index (χ4n) is 4.43. The molecule has 3 N–H and O–H groups in total. The molecule has 0 aliphatic carbocycles. The maximum Gasteiger partial charge on any atom is 0.238 e. The lowest BCUT2D eigenvalue weighted by atomic mass is 9.84. The third-order valence-electron chi connectivity index (χ3n) is 5.85. The normalized spacial score (nSPS) is 23.4. The highest BCUT2D eigenvalue weighted by Crippen LogP contribution is 2.47. The Morgan fingerprint density at radius 1 is 1.21 bits per heavy atom. The van der Waals surface area contributed by atoms with Gasteiger partial charge in [0.05, 0.1) is 37.9 Å². The molecule has 33 heavy (non-hydrogen) atoms. The van der Waals surface area contributed by atoms with Gasteiger partial charge in [-0.05, 0) is 50.8 Å². The summed E-state index contributed by atoms with van der Waals surface area (Å²) in [5.74, 6) is 0.450. The number of aliphatic hydroxyl groups excluding tert-OH is 1. The molecule has 1 aromatic heterocycles. The highest BCUT2D eigenvalue weighted by atomic mass is 16.6. The van der Waals surface area contributed by atoms with Crippen molar-refractivity contribution in [1.82, 2.24) is 15.2 Å². The molecule has 3 heterocycles. The number of anilines is 1. The van der Waals surface area contributed by atoms with E-state index in [0.29, 0.717) is 18.7 Å². The molecule has 2 amide bonds. The van der Waals surface area contributed by atoms with Crippen molar-refractivity contribution in [2.75, 3.05) is 32.6 Å². The van der Waals surface area contributed by atoms with Gasteiger partial charge in [0.25, 0.3) is 0 Å². The lowest BCUT2D eigenvalue weighted by molar-refractivity contribution is -0.142. The van der Waals surface area contributed by atoms with E-state index in [2.05, 4.69) is 15.6 Å². The topological polar surface area (TPSA) is 113 Å². The van der Waals surface area contributed by atoms with Crippen LogP contribution in [0.4, 0.5) is 5.69 Å². The van der Waals surface area contributed by atoms with Gasteiger partial charge >= 0.3 is 0 Å². The summed E-state index contributed by atoms with van der Waals surface area (Å²) >= 11 is 0. The summed E-state index contributed by atoms with van der Waals surface area (Å²) in [7, 11) is 3.68. The quantitative estimate of drug-likeness (QED) is 0.551. The summed E-state index contributed by atoms with van der Waals surface area (Å²) in [5.41, 5.74) is 2.44. The van der Waals surface area contributed by atoms with Crippen LogP contribution in [0, 0.1) is 0 Å². The van der Waals surface area contributed by atoms with Gasteiger partial charge in [-0.3, -0.25) is 14.6 Å². The number of rotatable bonds is 8. The van der Waals surface area contributed by atoms with Gasteiger partial charge in [0, 0.05) is 23.4 Å². The van der Waals surface area contributed by atoms with E-state index in [9.17, 15) is 14.7 Å². The number of hydrogen-bond acceptors (Lipinski definition) is 7. The zero-order chi connectivity index (χ0) is 23.4. The second-order valence-electron chi connectivity index (χ2n) is 8.74. The van der Waals surface area contributed by atoms with Crippen LogP contribution in [-0.2, 0) is 20.9 Å². The summed E-state index contributed by atoms with van der Waals surface area (Å²) < 4.78 is 12.1. The molecule has 4 atom stereocenters. The molecular weight excluding hydrogens is 424 g/mol. The predicted octanol–water partition coefficient (Wildman–Crippen LogP) is 1.28. The molecular formula is C24H30N4O5. The van der Waals surface area contributed by atoms with E-state index < -0.39 is 6.10 Å². The molecule has 0 bridgehead atoms. The van der Waals surface area contributed by atoms with E-state index >= 15 is 0 Å². The number of aromatic nitrogens is 1. The monoisotopic (exact) mass is 454 g/mol. The largest absolute Gasteiger partial charge is 0.487 e. The van der Waals surface area contributed by atoms with Gasteiger partial charge in [0.15, 0.2) is 0 Å². The highest BCUT2D eigenvalue weighted by Gasteiger charge is 2.46. The number of pyridine rings is 1. The van der Waals surface area contributed by atoms with Crippen LogP contribution in [0.25, 0.3) is 0 Å². The molecule has 1 saturated heterocycles. The zero-order valence-electron chi connectivity index (χ0n) is 18.9. The lowest BCUT2D eigenvalue weighted by Crippen LogP contribution is -2.47. The molecule has 0 saturated carbocycles. The van der Waals surface area contributed by atoms with Gasteiger partial charge in [-0.2, -0.15) is 0 Å². The fraction of sp³-hybridized carbons (Fsp3) is 0.458. The van der Waals surface area contributed by atoms with Gasteiger partial charge in [0.2, 0.25) is 11.8 Å². The zero-order valence-corrected chi connectivity index (χ0v) is 18.9. The molecule has 1 fully saturated rings. The molecule has 1 aromatic carbocycles. The smallest absolute Gasteiger partial charge is 0.238 e. The number of aliphatic hydroxyl groups is 1. The maximum atomic E-state index is 12.5. The van der Waals surface area contributed by atoms with E-state index in [1.54, 1.807) is 17.2 Å². The molecule has 2 aromatic rings. The number of fused-ring (bicyclic) bond motifs is 3. The number of carbonyl (C=O) groups excluding carboxylic acids is 2. The van der Waals surface area contributed by atoms with Crippen LogP contribution in [-0.4, -0.2) is 72.4 Å². The Hall–Kier alpha value is -3.01. The van der Waals surface area contributed by atoms with Gasteiger partial charge in [0.1, 0.15) is 18.0 Å². The van der Waals surface area contributed by atoms with E-state index in [0.717, 1.165) is 17.0 Å². The van der Waals surface area contributed by atoms with Crippen molar-refractivity contribution >= 4 is 17.5 Å². The van der Waals surface area contributed by atoms with Crippen LogP contribution in [0.3, 0.4) is 0 Å². The Kier molecular flexibility index (Phi) is 7.22. The summed E-state index contributed by atoms with van der Waals surface area (Å²) in [6.45, 7) is 0.438. The van der Waals surface area contributed by atoms with Gasteiger partial charge in [-0.25, -0.2) is 0 Å². The van der Waals surface area contributed by atoms with E-state index in [4.69, 9.17) is 9.47 Å². The predicted molar refractivity (Wildman–Crippen MR) is 122 cm³/mol. The van der Waals surface area contributed by atoms with E-state index in [1.165, 1.54) is 0 Å². The van der Waals surface area contributed by atoms with Crippen LogP contribution in [0.5, 0.6) is 5.75 Å². The molecule has 4 rings (SSSR count). The van der Waals surface area contributed by atoms with Crippen LogP contribution in [0.15, 0.2) is 42.6 Å². The minimum absolute atomic E-state index is 0.0369. The highest BCUT2D eigenvalue weighted by molar-refractivity contribution is 5.92. The Bertz CT molecular complexity index is 984. The summed E-state index contributed by atoms with van der Waals surface area (Å²) in [5, 5.41) is 15.7.